The molecule has 1 aliphatic heterocycles. The molecular weight excluding hydrogens is 200 g/mol. The van der Waals surface area contributed by atoms with Crippen LogP contribution in [0.3, 0.4) is 0 Å². The van der Waals surface area contributed by atoms with Crippen LogP contribution in [-0.4, -0.2) is 50.3 Å². The van der Waals surface area contributed by atoms with Crippen molar-refractivity contribution < 1.29 is 4.74 Å². The van der Waals surface area contributed by atoms with Gasteiger partial charge >= 0.3 is 0 Å². The predicted molar refractivity (Wildman–Crippen MR) is 68.8 cm³/mol. The predicted octanol–water partition coefficient (Wildman–Crippen LogP) is 1.88. The summed E-state index contributed by atoms with van der Waals surface area (Å²) < 4.78 is 5.39. The highest BCUT2D eigenvalue weighted by Gasteiger charge is 2.20. The molecule has 0 saturated carbocycles. The first-order valence-electron chi connectivity index (χ1n) is 6.78. The molecule has 1 aliphatic rings. The van der Waals surface area contributed by atoms with Crippen molar-refractivity contribution >= 4 is 0 Å². The Morgan fingerprint density at radius 1 is 1.31 bits per heavy atom. The number of nitrogens with one attached hydrogen (secondary N) is 1. The second-order valence-electron chi connectivity index (χ2n) is 4.79. The van der Waals surface area contributed by atoms with Crippen LogP contribution < -0.4 is 5.32 Å². The number of nitrogens with zero attached hydrogens (tertiary/aromatic N) is 1. The first kappa shape index (κ1) is 13.9. The Bertz CT molecular complexity index is 167. The minimum Gasteiger partial charge on any atom is -0.381 e. The normalized spacial score (nSPS) is 21.2. The SMILES string of the molecule is CCCNC(CC)CN1CCC(OC)CC1. The van der Waals surface area contributed by atoms with E-state index >= 15 is 0 Å². The summed E-state index contributed by atoms with van der Waals surface area (Å²) in [5.41, 5.74) is 0. The molecule has 0 bridgehead atoms. The van der Waals surface area contributed by atoms with Crippen molar-refractivity contribution in [3.63, 3.8) is 0 Å². The van der Waals surface area contributed by atoms with Crippen molar-refractivity contribution in [3.8, 4) is 0 Å². The molecule has 96 valence electrons. The van der Waals surface area contributed by atoms with E-state index in [2.05, 4.69) is 24.1 Å². The molecule has 1 heterocycles. The largest absolute Gasteiger partial charge is 0.381 e. The summed E-state index contributed by atoms with van der Waals surface area (Å²) in [7, 11) is 1.83. The standard InChI is InChI=1S/C13H28N2O/c1-4-8-14-12(5-2)11-15-9-6-13(16-3)7-10-15/h12-14H,4-11H2,1-3H3. The fourth-order valence-electron chi connectivity index (χ4n) is 2.33. The minimum atomic E-state index is 0.500. The third kappa shape index (κ3) is 4.81. The zero-order valence-corrected chi connectivity index (χ0v) is 11.2. The maximum absolute atomic E-state index is 5.39. The van der Waals surface area contributed by atoms with Crippen molar-refractivity contribution in [1.82, 2.24) is 10.2 Å². The van der Waals surface area contributed by atoms with Gasteiger partial charge in [-0.05, 0) is 32.2 Å². The number of likely N-dealkylation sites (tertiary alicyclic amines) is 1. The van der Waals surface area contributed by atoms with Crippen LogP contribution in [0.2, 0.25) is 0 Å². The highest BCUT2D eigenvalue weighted by molar-refractivity contribution is 4.76. The molecule has 0 spiro atoms. The molecule has 0 amide bonds. The molecule has 3 heteroatoms. The molecule has 1 unspecified atom stereocenters. The molecular formula is C13H28N2O. The zero-order valence-electron chi connectivity index (χ0n) is 11.2. The van der Waals surface area contributed by atoms with E-state index in [9.17, 15) is 0 Å². The van der Waals surface area contributed by atoms with Crippen molar-refractivity contribution in [2.24, 2.45) is 0 Å². The van der Waals surface area contributed by atoms with Crippen LogP contribution in [0.5, 0.6) is 0 Å². The molecule has 1 atom stereocenters. The molecule has 1 rings (SSSR count). The summed E-state index contributed by atoms with van der Waals surface area (Å²) in [4.78, 5) is 2.58. The molecule has 16 heavy (non-hydrogen) atoms. The van der Waals surface area contributed by atoms with E-state index in [-0.39, 0.29) is 0 Å². The van der Waals surface area contributed by atoms with Crippen LogP contribution in [0, 0.1) is 0 Å². The third-order valence-corrected chi connectivity index (χ3v) is 3.52. The van der Waals surface area contributed by atoms with Gasteiger partial charge in [0.15, 0.2) is 0 Å². The van der Waals surface area contributed by atoms with Crippen molar-refractivity contribution in [3.05, 3.63) is 0 Å². The number of hydrogen-bond acceptors (Lipinski definition) is 3. The molecule has 0 aromatic rings. The molecule has 3 nitrogen and oxygen atoms in total. The van der Waals surface area contributed by atoms with Crippen LogP contribution in [0.1, 0.15) is 39.5 Å². The Morgan fingerprint density at radius 2 is 2.00 bits per heavy atom. The second-order valence-corrected chi connectivity index (χ2v) is 4.79. The molecule has 1 N–H and O–H groups in total. The fourth-order valence-corrected chi connectivity index (χ4v) is 2.33. The zero-order chi connectivity index (χ0) is 11.8. The summed E-state index contributed by atoms with van der Waals surface area (Å²) >= 11 is 0. The fraction of sp³-hybridized carbons (Fsp3) is 1.00. The van der Waals surface area contributed by atoms with Gasteiger partial charge in [-0.3, -0.25) is 0 Å². The second kappa shape index (κ2) is 8.04. The molecule has 0 aliphatic carbocycles. The first-order chi connectivity index (χ1) is 7.80. The third-order valence-electron chi connectivity index (χ3n) is 3.52. The van der Waals surface area contributed by atoms with Crippen LogP contribution in [-0.2, 0) is 4.74 Å². The van der Waals surface area contributed by atoms with Gasteiger partial charge in [0, 0.05) is 32.8 Å². The summed E-state index contributed by atoms with van der Waals surface area (Å²) in [6, 6.07) is 0.666. The molecule has 0 radical (unpaired) electrons. The first-order valence-corrected chi connectivity index (χ1v) is 6.78. The van der Waals surface area contributed by atoms with Crippen LogP contribution in [0.15, 0.2) is 0 Å². The minimum absolute atomic E-state index is 0.500. The van der Waals surface area contributed by atoms with Gasteiger partial charge in [-0.2, -0.15) is 0 Å². The highest BCUT2D eigenvalue weighted by Crippen LogP contribution is 2.13. The molecule has 1 fully saturated rings. The van der Waals surface area contributed by atoms with Crippen molar-refractivity contribution in [2.45, 2.75) is 51.7 Å². The van der Waals surface area contributed by atoms with E-state index in [1.165, 1.54) is 45.3 Å². The van der Waals surface area contributed by atoms with Gasteiger partial charge in [-0.1, -0.05) is 13.8 Å². The lowest BCUT2D eigenvalue weighted by Gasteiger charge is -2.33. The molecule has 1 saturated heterocycles. The number of rotatable bonds is 7. The van der Waals surface area contributed by atoms with E-state index in [1.54, 1.807) is 0 Å². The number of ether oxygens (including phenoxy) is 1. The van der Waals surface area contributed by atoms with E-state index in [0.717, 1.165) is 6.54 Å². The quantitative estimate of drug-likeness (QED) is 0.720. The van der Waals surface area contributed by atoms with Gasteiger partial charge in [0.2, 0.25) is 0 Å². The Kier molecular flexibility index (Phi) is 7.01. The average Bonchev–Trinajstić information content (AvgIpc) is 2.35. The van der Waals surface area contributed by atoms with Crippen molar-refractivity contribution in [2.75, 3.05) is 33.3 Å². The monoisotopic (exact) mass is 228 g/mol. The van der Waals surface area contributed by atoms with E-state index in [0.29, 0.717) is 12.1 Å². The molecule has 0 aromatic heterocycles. The van der Waals surface area contributed by atoms with Gasteiger partial charge in [0.25, 0.3) is 0 Å². The van der Waals surface area contributed by atoms with E-state index in [4.69, 9.17) is 4.74 Å². The summed E-state index contributed by atoms with van der Waals surface area (Å²) in [5, 5.41) is 3.62. The maximum atomic E-state index is 5.39. The van der Waals surface area contributed by atoms with Gasteiger partial charge in [0.05, 0.1) is 6.10 Å². The lowest BCUT2D eigenvalue weighted by molar-refractivity contribution is 0.0383. The van der Waals surface area contributed by atoms with Gasteiger partial charge in [-0.25, -0.2) is 0 Å². The maximum Gasteiger partial charge on any atom is 0.0595 e. The van der Waals surface area contributed by atoms with Gasteiger partial charge in [-0.15, -0.1) is 0 Å². The smallest absolute Gasteiger partial charge is 0.0595 e. The Hall–Kier alpha value is -0.120. The summed E-state index contributed by atoms with van der Waals surface area (Å²) in [6.45, 7) is 9.24. The van der Waals surface area contributed by atoms with E-state index < -0.39 is 0 Å². The summed E-state index contributed by atoms with van der Waals surface area (Å²) in [5.74, 6) is 0. The topological polar surface area (TPSA) is 24.5 Å². The van der Waals surface area contributed by atoms with Gasteiger partial charge in [0.1, 0.15) is 0 Å². The highest BCUT2D eigenvalue weighted by atomic mass is 16.5. The Morgan fingerprint density at radius 3 is 2.50 bits per heavy atom. The lowest BCUT2D eigenvalue weighted by Crippen LogP contribution is -2.45. The molecule has 0 aromatic carbocycles. The van der Waals surface area contributed by atoms with Crippen molar-refractivity contribution in [1.29, 1.82) is 0 Å². The Labute approximate surface area is 101 Å². The van der Waals surface area contributed by atoms with E-state index in [1.807, 2.05) is 7.11 Å². The van der Waals surface area contributed by atoms with Gasteiger partial charge < -0.3 is 15.0 Å². The average molecular weight is 228 g/mol. The van der Waals surface area contributed by atoms with Crippen LogP contribution in [0.4, 0.5) is 0 Å². The number of piperidine rings is 1. The lowest BCUT2D eigenvalue weighted by atomic mass is 10.1. The van der Waals surface area contributed by atoms with Crippen LogP contribution in [0.25, 0.3) is 0 Å². The van der Waals surface area contributed by atoms with Crippen LogP contribution >= 0.6 is 0 Å². The summed E-state index contributed by atoms with van der Waals surface area (Å²) in [6.07, 6.45) is 5.34. The number of methoxy groups -OCH3 is 1. The Balaban J connectivity index is 2.20. The number of hydrogen-bond donors (Lipinski definition) is 1.